The van der Waals surface area contributed by atoms with Crippen LogP contribution in [-0.4, -0.2) is 62.7 Å². The van der Waals surface area contributed by atoms with Crippen LogP contribution >= 0.6 is 0 Å². The van der Waals surface area contributed by atoms with E-state index in [1.54, 1.807) is 12.1 Å². The molecular formula is C28H33N5O3. The average Bonchev–Trinajstić information content (AvgIpc) is 3.23. The van der Waals surface area contributed by atoms with Gasteiger partial charge in [0.2, 0.25) is 0 Å². The molecule has 1 aliphatic rings. The zero-order valence-electron chi connectivity index (χ0n) is 21.3. The van der Waals surface area contributed by atoms with Crippen LogP contribution in [0.3, 0.4) is 0 Å². The molecule has 4 aromatic rings. The third-order valence-electron chi connectivity index (χ3n) is 6.40. The van der Waals surface area contributed by atoms with E-state index in [1.165, 1.54) is 4.68 Å². The fourth-order valence-corrected chi connectivity index (χ4v) is 4.85. The number of benzene rings is 1. The van der Waals surface area contributed by atoms with Crippen molar-refractivity contribution in [2.45, 2.75) is 45.9 Å². The molecule has 8 nitrogen and oxygen atoms in total. The standard InChI is InChI=1S/C28H33N5O3/c1-19(2)33-26(34)11-10-24(29-33)27-25-16-23(35-15-14-31-17-20(3)36-21(4)18-31)12-13-32(25)30-28(27)22-8-6-5-7-9-22/h5-13,16,19-21H,14-15,17-18H2,1-4H3/t20-,21+. The molecule has 188 valence electrons. The van der Waals surface area contributed by atoms with Crippen LogP contribution < -0.4 is 10.3 Å². The fraction of sp³-hybridized carbons (Fsp3) is 0.393. The van der Waals surface area contributed by atoms with Gasteiger partial charge in [-0.15, -0.1) is 0 Å². The molecule has 3 aromatic heterocycles. The summed E-state index contributed by atoms with van der Waals surface area (Å²) < 4.78 is 15.4. The van der Waals surface area contributed by atoms with Crippen molar-refractivity contribution in [3.63, 3.8) is 0 Å². The lowest BCUT2D eigenvalue weighted by molar-refractivity contribution is -0.0699. The Hall–Kier alpha value is -3.49. The molecule has 0 unspecified atom stereocenters. The van der Waals surface area contributed by atoms with Crippen LogP contribution in [0.5, 0.6) is 5.75 Å². The van der Waals surface area contributed by atoms with Crippen LogP contribution in [0.4, 0.5) is 0 Å². The number of hydrogen-bond acceptors (Lipinski definition) is 6. The van der Waals surface area contributed by atoms with Crippen LogP contribution in [0.15, 0.2) is 65.6 Å². The van der Waals surface area contributed by atoms with Gasteiger partial charge in [-0.05, 0) is 39.8 Å². The lowest BCUT2D eigenvalue weighted by atomic mass is 10.0. The molecule has 0 radical (unpaired) electrons. The SMILES string of the molecule is CC(C)n1nc(-c2c(-c3ccccc3)nn3ccc(OCCN4C[C@@H](C)O[C@@H](C)C4)cc23)ccc1=O. The van der Waals surface area contributed by atoms with Crippen LogP contribution in [0, 0.1) is 0 Å². The molecule has 0 bridgehead atoms. The Morgan fingerprint density at radius 3 is 2.50 bits per heavy atom. The summed E-state index contributed by atoms with van der Waals surface area (Å²) in [5.41, 5.74) is 4.12. The summed E-state index contributed by atoms with van der Waals surface area (Å²) in [6.07, 6.45) is 2.38. The number of fused-ring (bicyclic) bond motifs is 1. The Bertz CT molecular complexity index is 1390. The highest BCUT2D eigenvalue weighted by molar-refractivity contribution is 5.91. The van der Waals surface area contributed by atoms with E-state index >= 15 is 0 Å². The molecule has 1 saturated heterocycles. The Morgan fingerprint density at radius 2 is 1.78 bits per heavy atom. The first-order valence-electron chi connectivity index (χ1n) is 12.6. The Morgan fingerprint density at radius 1 is 1.03 bits per heavy atom. The number of morpholine rings is 1. The van der Waals surface area contributed by atoms with Crippen LogP contribution in [0.25, 0.3) is 28.0 Å². The maximum Gasteiger partial charge on any atom is 0.267 e. The zero-order valence-corrected chi connectivity index (χ0v) is 21.3. The molecule has 0 aliphatic carbocycles. The van der Waals surface area contributed by atoms with Crippen molar-refractivity contribution < 1.29 is 9.47 Å². The normalized spacial score (nSPS) is 18.7. The van der Waals surface area contributed by atoms with Crippen LogP contribution in [0.2, 0.25) is 0 Å². The van der Waals surface area contributed by atoms with E-state index in [-0.39, 0.29) is 23.8 Å². The highest BCUT2D eigenvalue weighted by Crippen LogP contribution is 2.35. The molecule has 2 atom stereocenters. The third kappa shape index (κ3) is 5.05. The second-order valence-corrected chi connectivity index (χ2v) is 9.74. The molecule has 4 heterocycles. The number of nitrogens with zero attached hydrogens (tertiary/aromatic N) is 5. The monoisotopic (exact) mass is 487 g/mol. The van der Waals surface area contributed by atoms with E-state index in [4.69, 9.17) is 19.7 Å². The molecule has 0 saturated carbocycles. The number of rotatable bonds is 7. The van der Waals surface area contributed by atoms with Gasteiger partial charge in [-0.1, -0.05) is 30.3 Å². The molecule has 1 fully saturated rings. The third-order valence-corrected chi connectivity index (χ3v) is 6.40. The minimum atomic E-state index is -0.123. The molecule has 1 aromatic carbocycles. The van der Waals surface area contributed by atoms with E-state index in [1.807, 2.05) is 67.0 Å². The Labute approximate surface area is 211 Å². The van der Waals surface area contributed by atoms with Crippen molar-refractivity contribution in [3.8, 4) is 28.3 Å². The van der Waals surface area contributed by atoms with Gasteiger partial charge in [-0.3, -0.25) is 9.69 Å². The molecule has 36 heavy (non-hydrogen) atoms. The van der Waals surface area contributed by atoms with E-state index < -0.39 is 0 Å². The average molecular weight is 488 g/mol. The van der Waals surface area contributed by atoms with Crippen LogP contribution in [0.1, 0.15) is 33.7 Å². The smallest absolute Gasteiger partial charge is 0.267 e. The van der Waals surface area contributed by atoms with E-state index in [0.717, 1.165) is 47.7 Å². The number of pyridine rings is 1. The van der Waals surface area contributed by atoms with Gasteiger partial charge in [0.25, 0.3) is 5.56 Å². The summed E-state index contributed by atoms with van der Waals surface area (Å²) in [6, 6.07) is 17.3. The van der Waals surface area contributed by atoms with Crippen molar-refractivity contribution >= 4 is 5.52 Å². The second-order valence-electron chi connectivity index (χ2n) is 9.74. The van der Waals surface area contributed by atoms with Gasteiger partial charge >= 0.3 is 0 Å². The first-order valence-corrected chi connectivity index (χ1v) is 12.6. The zero-order chi connectivity index (χ0) is 25.2. The topological polar surface area (TPSA) is 73.9 Å². The summed E-state index contributed by atoms with van der Waals surface area (Å²) >= 11 is 0. The minimum absolute atomic E-state index is 0.0519. The number of hydrogen-bond donors (Lipinski definition) is 0. The van der Waals surface area contributed by atoms with Gasteiger partial charge in [0.15, 0.2) is 0 Å². The summed E-state index contributed by atoms with van der Waals surface area (Å²) in [5, 5.41) is 9.59. The molecular weight excluding hydrogens is 454 g/mol. The molecule has 0 spiro atoms. The van der Waals surface area contributed by atoms with Gasteiger partial charge in [0, 0.05) is 43.5 Å². The minimum Gasteiger partial charge on any atom is -0.492 e. The van der Waals surface area contributed by atoms with Crippen molar-refractivity contribution in [3.05, 3.63) is 71.1 Å². The highest BCUT2D eigenvalue weighted by atomic mass is 16.5. The molecule has 0 amide bonds. The number of ether oxygens (including phenoxy) is 2. The predicted molar refractivity (Wildman–Crippen MR) is 140 cm³/mol. The lowest BCUT2D eigenvalue weighted by Crippen LogP contribution is -2.46. The maximum absolute atomic E-state index is 12.4. The van der Waals surface area contributed by atoms with Crippen molar-refractivity contribution in [2.75, 3.05) is 26.2 Å². The summed E-state index contributed by atoms with van der Waals surface area (Å²) in [6.45, 7) is 11.4. The van der Waals surface area contributed by atoms with Crippen LogP contribution in [-0.2, 0) is 4.74 Å². The summed E-state index contributed by atoms with van der Waals surface area (Å²) in [7, 11) is 0. The molecule has 8 heteroatoms. The van der Waals surface area contributed by atoms with Gasteiger partial charge in [0.1, 0.15) is 18.1 Å². The first-order chi connectivity index (χ1) is 17.4. The van der Waals surface area contributed by atoms with Crippen molar-refractivity contribution in [1.29, 1.82) is 0 Å². The quantitative estimate of drug-likeness (QED) is 0.387. The van der Waals surface area contributed by atoms with Crippen molar-refractivity contribution in [1.82, 2.24) is 24.3 Å². The number of aromatic nitrogens is 4. The van der Waals surface area contributed by atoms with Gasteiger partial charge < -0.3 is 9.47 Å². The van der Waals surface area contributed by atoms with Crippen molar-refractivity contribution in [2.24, 2.45) is 0 Å². The highest BCUT2D eigenvalue weighted by Gasteiger charge is 2.22. The van der Waals surface area contributed by atoms with E-state index in [9.17, 15) is 4.79 Å². The fourth-order valence-electron chi connectivity index (χ4n) is 4.85. The molecule has 0 N–H and O–H groups in total. The van der Waals surface area contributed by atoms with Gasteiger partial charge in [-0.25, -0.2) is 9.20 Å². The predicted octanol–water partition coefficient (Wildman–Crippen LogP) is 4.29. The molecule has 1 aliphatic heterocycles. The van der Waals surface area contributed by atoms with E-state index in [0.29, 0.717) is 12.3 Å². The van der Waals surface area contributed by atoms with E-state index in [2.05, 4.69) is 18.7 Å². The Kier molecular flexibility index (Phi) is 6.89. The Balaban J connectivity index is 1.50. The summed E-state index contributed by atoms with van der Waals surface area (Å²) in [5.74, 6) is 0.773. The van der Waals surface area contributed by atoms with Gasteiger partial charge in [0.05, 0.1) is 35.0 Å². The first kappa shape index (κ1) is 24.2. The summed E-state index contributed by atoms with van der Waals surface area (Å²) in [4.78, 5) is 14.8. The lowest BCUT2D eigenvalue weighted by Gasteiger charge is -2.35. The maximum atomic E-state index is 12.4. The largest absolute Gasteiger partial charge is 0.492 e. The van der Waals surface area contributed by atoms with Gasteiger partial charge in [-0.2, -0.15) is 10.2 Å². The second kappa shape index (κ2) is 10.2. The molecule has 5 rings (SSSR count).